The molecule has 2 rings (SSSR count). The summed E-state index contributed by atoms with van der Waals surface area (Å²) in [6.07, 6.45) is 6.70. The molecule has 30 heavy (non-hydrogen) atoms. The van der Waals surface area contributed by atoms with Crippen molar-refractivity contribution < 1.29 is 14.5 Å². The number of methoxy groups -OCH3 is 1. The third kappa shape index (κ3) is 6.52. The topological polar surface area (TPSA) is 81.5 Å². The Labute approximate surface area is 178 Å². The molecule has 0 radical (unpaired) electrons. The average molecular weight is 411 g/mol. The Morgan fingerprint density at radius 2 is 1.77 bits per heavy atom. The number of nitrogens with zero attached hydrogens (tertiary/aromatic N) is 1. The van der Waals surface area contributed by atoms with Crippen molar-refractivity contribution in [2.45, 2.75) is 51.6 Å². The molecule has 0 aliphatic heterocycles. The van der Waals surface area contributed by atoms with Gasteiger partial charge in [0.1, 0.15) is 5.60 Å². The molecular formula is C24H30N2O4. The lowest BCUT2D eigenvalue weighted by Gasteiger charge is -2.32. The molecule has 1 unspecified atom stereocenters. The number of nitrogens with one attached hydrogen (secondary N) is 1. The molecule has 6 nitrogen and oxygen atoms in total. The van der Waals surface area contributed by atoms with Gasteiger partial charge in [-0.05, 0) is 37.6 Å². The Balaban J connectivity index is 2.33. The first kappa shape index (κ1) is 23.3. The molecule has 2 aromatic carbocycles. The summed E-state index contributed by atoms with van der Waals surface area (Å²) < 4.78 is 5.87. The number of hydrogen-bond acceptors (Lipinski definition) is 5. The second kappa shape index (κ2) is 11.3. The fourth-order valence-corrected chi connectivity index (χ4v) is 3.20. The van der Waals surface area contributed by atoms with Crippen LogP contribution in [-0.2, 0) is 4.74 Å². The van der Waals surface area contributed by atoms with Crippen molar-refractivity contribution in [3.8, 4) is 0 Å². The standard InChI is InChI=1S/C24H30N2O4/c1-4-5-6-10-17-24(2,30-3)23(25-20-11-8-7-9-12-20)18-22(27)19-13-15-21(16-14-19)26(28)29/h7-9,11-16,18,25H,4-6,10,17H2,1-3H3/b23-18-. The molecular weight excluding hydrogens is 380 g/mol. The van der Waals surface area contributed by atoms with E-state index in [0.29, 0.717) is 11.3 Å². The predicted octanol–water partition coefficient (Wildman–Crippen LogP) is 6.15. The molecule has 0 bridgehead atoms. The molecule has 0 saturated heterocycles. The van der Waals surface area contributed by atoms with Gasteiger partial charge in [-0.25, -0.2) is 0 Å². The number of unbranched alkanes of at least 4 members (excludes halogenated alkanes) is 3. The van der Waals surface area contributed by atoms with E-state index in [1.807, 2.05) is 37.3 Å². The summed E-state index contributed by atoms with van der Waals surface area (Å²) in [6, 6.07) is 15.3. The van der Waals surface area contributed by atoms with Crippen LogP contribution in [0.3, 0.4) is 0 Å². The highest BCUT2D eigenvalue weighted by molar-refractivity contribution is 6.05. The maximum Gasteiger partial charge on any atom is 0.269 e. The summed E-state index contributed by atoms with van der Waals surface area (Å²) in [7, 11) is 1.65. The number of non-ortho nitro benzene ring substituents is 1. The van der Waals surface area contributed by atoms with Crippen LogP contribution in [0, 0.1) is 10.1 Å². The van der Waals surface area contributed by atoms with Crippen LogP contribution >= 0.6 is 0 Å². The fourth-order valence-electron chi connectivity index (χ4n) is 3.20. The van der Waals surface area contributed by atoms with E-state index in [1.165, 1.54) is 30.3 Å². The molecule has 0 fully saturated rings. The number of nitro groups is 1. The van der Waals surface area contributed by atoms with Crippen LogP contribution in [0.1, 0.15) is 56.3 Å². The minimum Gasteiger partial charge on any atom is -0.372 e. The van der Waals surface area contributed by atoms with E-state index in [4.69, 9.17) is 4.74 Å². The Hall–Kier alpha value is -2.99. The van der Waals surface area contributed by atoms with E-state index >= 15 is 0 Å². The first-order chi connectivity index (χ1) is 14.4. The summed E-state index contributed by atoms with van der Waals surface area (Å²) in [5.74, 6) is -0.236. The molecule has 0 heterocycles. The average Bonchev–Trinajstić information content (AvgIpc) is 2.76. The Morgan fingerprint density at radius 1 is 1.10 bits per heavy atom. The van der Waals surface area contributed by atoms with Crippen molar-refractivity contribution in [1.29, 1.82) is 0 Å². The lowest BCUT2D eigenvalue weighted by Crippen LogP contribution is -2.34. The second-order valence-corrected chi connectivity index (χ2v) is 7.46. The Kier molecular flexibility index (Phi) is 8.74. The zero-order valence-corrected chi connectivity index (χ0v) is 17.9. The lowest BCUT2D eigenvalue weighted by molar-refractivity contribution is -0.384. The summed E-state index contributed by atoms with van der Waals surface area (Å²) in [5.41, 5.74) is 1.20. The van der Waals surface area contributed by atoms with Gasteiger partial charge in [-0.1, -0.05) is 50.8 Å². The monoisotopic (exact) mass is 410 g/mol. The number of para-hydroxylation sites is 1. The number of benzene rings is 2. The molecule has 2 aromatic rings. The van der Waals surface area contributed by atoms with E-state index in [1.54, 1.807) is 7.11 Å². The van der Waals surface area contributed by atoms with Crippen molar-refractivity contribution in [3.63, 3.8) is 0 Å². The van der Waals surface area contributed by atoms with Crippen LogP contribution in [0.2, 0.25) is 0 Å². The third-order valence-electron chi connectivity index (χ3n) is 5.22. The van der Waals surface area contributed by atoms with Gasteiger partial charge in [0.05, 0.1) is 10.6 Å². The molecule has 160 valence electrons. The van der Waals surface area contributed by atoms with Crippen LogP contribution in [0.25, 0.3) is 0 Å². The molecule has 0 spiro atoms. The van der Waals surface area contributed by atoms with Gasteiger partial charge in [0, 0.05) is 36.6 Å². The number of nitro benzene ring substituents is 1. The van der Waals surface area contributed by atoms with Crippen molar-refractivity contribution in [2.24, 2.45) is 0 Å². The predicted molar refractivity (Wildman–Crippen MR) is 120 cm³/mol. The quantitative estimate of drug-likeness (QED) is 0.149. The minimum absolute atomic E-state index is 0.0455. The maximum absolute atomic E-state index is 12.9. The van der Waals surface area contributed by atoms with E-state index in [-0.39, 0.29) is 11.5 Å². The summed E-state index contributed by atoms with van der Waals surface area (Å²) in [6.45, 7) is 4.14. The van der Waals surface area contributed by atoms with Crippen molar-refractivity contribution >= 4 is 17.2 Å². The van der Waals surface area contributed by atoms with Gasteiger partial charge in [0.15, 0.2) is 5.78 Å². The van der Waals surface area contributed by atoms with Gasteiger partial charge in [-0.3, -0.25) is 14.9 Å². The first-order valence-corrected chi connectivity index (χ1v) is 10.3. The molecule has 1 atom stereocenters. The zero-order chi connectivity index (χ0) is 22.0. The number of carbonyl (C=O) groups is 1. The number of carbonyl (C=O) groups excluding carboxylic acids is 1. The van der Waals surface area contributed by atoms with E-state index in [9.17, 15) is 14.9 Å². The molecule has 0 amide bonds. The van der Waals surface area contributed by atoms with Crippen LogP contribution in [-0.4, -0.2) is 23.4 Å². The van der Waals surface area contributed by atoms with Crippen molar-refractivity contribution in [1.82, 2.24) is 0 Å². The van der Waals surface area contributed by atoms with E-state index < -0.39 is 10.5 Å². The van der Waals surface area contributed by atoms with Gasteiger partial charge in [0.2, 0.25) is 0 Å². The minimum atomic E-state index is -0.667. The van der Waals surface area contributed by atoms with Crippen LogP contribution in [0.15, 0.2) is 66.4 Å². The number of rotatable bonds is 12. The molecule has 6 heteroatoms. The zero-order valence-electron chi connectivity index (χ0n) is 17.9. The SMILES string of the molecule is CCCCCCC(C)(OC)/C(=C/C(=O)c1ccc([N+](=O)[O-])cc1)Nc1ccccc1. The molecule has 1 N–H and O–H groups in total. The Morgan fingerprint density at radius 3 is 2.33 bits per heavy atom. The molecule has 0 aliphatic rings. The van der Waals surface area contributed by atoms with Crippen LogP contribution in [0.5, 0.6) is 0 Å². The van der Waals surface area contributed by atoms with Crippen molar-refractivity contribution in [2.75, 3.05) is 12.4 Å². The highest BCUT2D eigenvalue weighted by Crippen LogP contribution is 2.29. The lowest BCUT2D eigenvalue weighted by atomic mass is 9.92. The smallest absolute Gasteiger partial charge is 0.269 e. The number of allylic oxidation sites excluding steroid dienone is 1. The van der Waals surface area contributed by atoms with E-state index in [2.05, 4.69) is 12.2 Å². The summed E-state index contributed by atoms with van der Waals surface area (Å²) in [4.78, 5) is 23.3. The Bertz CT molecular complexity index is 863. The second-order valence-electron chi connectivity index (χ2n) is 7.46. The van der Waals surface area contributed by atoms with Gasteiger partial charge >= 0.3 is 0 Å². The van der Waals surface area contributed by atoms with Gasteiger partial charge in [0.25, 0.3) is 5.69 Å². The number of ether oxygens (including phenoxy) is 1. The normalized spacial score (nSPS) is 13.5. The first-order valence-electron chi connectivity index (χ1n) is 10.3. The highest BCUT2D eigenvalue weighted by Gasteiger charge is 2.29. The van der Waals surface area contributed by atoms with Gasteiger partial charge in [-0.2, -0.15) is 0 Å². The van der Waals surface area contributed by atoms with E-state index in [0.717, 1.165) is 37.8 Å². The number of hydrogen-bond donors (Lipinski definition) is 1. The number of anilines is 1. The molecule has 0 aliphatic carbocycles. The molecule has 0 aromatic heterocycles. The largest absolute Gasteiger partial charge is 0.372 e. The number of ketones is 1. The third-order valence-corrected chi connectivity index (χ3v) is 5.22. The fraction of sp³-hybridized carbons (Fsp3) is 0.375. The van der Waals surface area contributed by atoms with Crippen LogP contribution in [0.4, 0.5) is 11.4 Å². The highest BCUT2D eigenvalue weighted by atomic mass is 16.6. The van der Waals surface area contributed by atoms with Gasteiger partial charge < -0.3 is 10.1 Å². The molecule has 0 saturated carbocycles. The summed E-state index contributed by atoms with van der Waals surface area (Å²) in [5, 5.41) is 14.2. The maximum atomic E-state index is 12.9. The van der Waals surface area contributed by atoms with Crippen molar-refractivity contribution in [3.05, 3.63) is 82.0 Å². The summed E-state index contributed by atoms with van der Waals surface area (Å²) >= 11 is 0. The van der Waals surface area contributed by atoms with Crippen LogP contribution < -0.4 is 5.32 Å². The van der Waals surface area contributed by atoms with Gasteiger partial charge in [-0.15, -0.1) is 0 Å².